The fraction of sp³-hybridized carbons (Fsp3) is 0.261. The van der Waals surface area contributed by atoms with Gasteiger partial charge >= 0.3 is 0 Å². The summed E-state index contributed by atoms with van der Waals surface area (Å²) < 4.78 is 0. The van der Waals surface area contributed by atoms with E-state index in [0.29, 0.717) is 18.4 Å². The number of hydrogen-bond donors (Lipinski definition) is 1. The molecular formula is C23H22O2. The highest BCUT2D eigenvalue weighted by atomic mass is 16.3. The Morgan fingerprint density at radius 1 is 0.960 bits per heavy atom. The van der Waals surface area contributed by atoms with Crippen LogP contribution in [0.25, 0.3) is 5.57 Å². The zero-order chi connectivity index (χ0) is 17.6. The van der Waals surface area contributed by atoms with Gasteiger partial charge in [-0.25, -0.2) is 0 Å². The quantitative estimate of drug-likeness (QED) is 0.798. The summed E-state index contributed by atoms with van der Waals surface area (Å²) in [5.41, 5.74) is 4.94. The van der Waals surface area contributed by atoms with Crippen LogP contribution in [0.4, 0.5) is 0 Å². The number of benzene rings is 2. The summed E-state index contributed by atoms with van der Waals surface area (Å²) >= 11 is 0. The third-order valence-electron chi connectivity index (χ3n) is 5.21. The van der Waals surface area contributed by atoms with Gasteiger partial charge in [-0.15, -0.1) is 0 Å². The molecule has 0 spiro atoms. The number of aliphatic hydroxyl groups is 1. The van der Waals surface area contributed by atoms with Crippen molar-refractivity contribution in [3.63, 3.8) is 0 Å². The fourth-order valence-corrected chi connectivity index (χ4v) is 4.12. The van der Waals surface area contributed by atoms with Gasteiger partial charge in [-0.2, -0.15) is 0 Å². The maximum Gasteiger partial charge on any atom is 0.163 e. The third kappa shape index (κ3) is 2.72. The van der Waals surface area contributed by atoms with Crippen molar-refractivity contribution in [1.82, 2.24) is 0 Å². The van der Waals surface area contributed by atoms with Crippen LogP contribution in [-0.4, -0.2) is 10.9 Å². The standard InChI is InChI=1S/C23H22O2/c1-23(2)13-20(24)22(21(25)14-23)19-12-18(15-8-4-3-5-9-15)16-10-6-7-11-17(16)19/h3-12,19,24H,13-14H2,1-2H3. The van der Waals surface area contributed by atoms with E-state index >= 15 is 0 Å². The largest absolute Gasteiger partial charge is 0.512 e. The van der Waals surface area contributed by atoms with E-state index in [2.05, 4.69) is 30.3 Å². The van der Waals surface area contributed by atoms with Crippen LogP contribution in [0, 0.1) is 5.41 Å². The fourth-order valence-electron chi connectivity index (χ4n) is 4.12. The summed E-state index contributed by atoms with van der Waals surface area (Å²) in [4.78, 5) is 12.8. The molecular weight excluding hydrogens is 308 g/mol. The summed E-state index contributed by atoms with van der Waals surface area (Å²) in [6.45, 7) is 4.07. The molecule has 0 aliphatic heterocycles. The molecule has 25 heavy (non-hydrogen) atoms. The number of hydrogen-bond acceptors (Lipinski definition) is 2. The Kier molecular flexibility index (Phi) is 3.64. The zero-order valence-corrected chi connectivity index (χ0v) is 14.6. The lowest BCUT2D eigenvalue weighted by Gasteiger charge is -2.31. The molecule has 2 aliphatic carbocycles. The predicted octanol–water partition coefficient (Wildman–Crippen LogP) is 5.42. The van der Waals surface area contributed by atoms with Gasteiger partial charge in [-0.3, -0.25) is 4.79 Å². The number of Topliss-reactive ketones (excluding diaryl/α,β-unsaturated/α-hetero) is 1. The lowest BCUT2D eigenvalue weighted by Crippen LogP contribution is -2.27. The molecule has 4 rings (SSSR count). The van der Waals surface area contributed by atoms with Gasteiger partial charge < -0.3 is 5.11 Å². The molecule has 0 saturated heterocycles. The van der Waals surface area contributed by atoms with Gasteiger partial charge in [0.05, 0.1) is 0 Å². The Morgan fingerprint density at radius 2 is 1.64 bits per heavy atom. The number of aliphatic hydroxyl groups excluding tert-OH is 1. The van der Waals surface area contributed by atoms with Crippen LogP contribution in [0.5, 0.6) is 0 Å². The molecule has 2 heteroatoms. The minimum atomic E-state index is -0.172. The summed E-state index contributed by atoms with van der Waals surface area (Å²) in [6, 6.07) is 18.4. The van der Waals surface area contributed by atoms with Crippen LogP contribution < -0.4 is 0 Å². The van der Waals surface area contributed by atoms with Gasteiger partial charge in [-0.05, 0) is 27.7 Å². The highest BCUT2D eigenvalue weighted by Crippen LogP contribution is 2.47. The van der Waals surface area contributed by atoms with Crippen molar-refractivity contribution in [2.45, 2.75) is 32.6 Å². The van der Waals surface area contributed by atoms with E-state index in [9.17, 15) is 9.90 Å². The van der Waals surface area contributed by atoms with Crippen LogP contribution in [0.2, 0.25) is 0 Å². The zero-order valence-electron chi connectivity index (χ0n) is 14.6. The van der Waals surface area contributed by atoms with Crippen molar-refractivity contribution < 1.29 is 9.90 Å². The van der Waals surface area contributed by atoms with Crippen molar-refractivity contribution >= 4 is 11.4 Å². The predicted molar refractivity (Wildman–Crippen MR) is 100 cm³/mol. The molecule has 1 unspecified atom stereocenters. The lowest BCUT2D eigenvalue weighted by molar-refractivity contribution is -0.118. The summed E-state index contributed by atoms with van der Waals surface area (Å²) in [6.07, 6.45) is 3.18. The van der Waals surface area contributed by atoms with E-state index in [4.69, 9.17) is 0 Å². The Hall–Kier alpha value is -2.61. The van der Waals surface area contributed by atoms with Crippen molar-refractivity contribution in [2.75, 3.05) is 0 Å². The van der Waals surface area contributed by atoms with E-state index in [1.54, 1.807) is 0 Å². The first kappa shape index (κ1) is 15.9. The second kappa shape index (κ2) is 5.73. The minimum Gasteiger partial charge on any atom is -0.512 e. The highest BCUT2D eigenvalue weighted by molar-refractivity contribution is 6.01. The number of carbonyl (C=O) groups excluding carboxylic acids is 1. The maximum absolute atomic E-state index is 12.8. The minimum absolute atomic E-state index is 0.0686. The van der Waals surface area contributed by atoms with Crippen molar-refractivity contribution in [3.05, 3.63) is 88.7 Å². The van der Waals surface area contributed by atoms with Crippen LogP contribution in [0.3, 0.4) is 0 Å². The lowest BCUT2D eigenvalue weighted by atomic mass is 9.73. The Labute approximate surface area is 148 Å². The van der Waals surface area contributed by atoms with Crippen molar-refractivity contribution in [3.8, 4) is 0 Å². The molecule has 2 nitrogen and oxygen atoms in total. The van der Waals surface area contributed by atoms with E-state index < -0.39 is 0 Å². The summed E-state index contributed by atoms with van der Waals surface area (Å²) in [7, 11) is 0. The molecule has 0 aromatic heterocycles. The van der Waals surface area contributed by atoms with Crippen LogP contribution >= 0.6 is 0 Å². The van der Waals surface area contributed by atoms with Gasteiger partial charge in [0.1, 0.15) is 5.76 Å². The van der Waals surface area contributed by atoms with Gasteiger partial charge in [0.25, 0.3) is 0 Å². The van der Waals surface area contributed by atoms with Gasteiger partial charge in [0, 0.05) is 24.3 Å². The van der Waals surface area contributed by atoms with Crippen LogP contribution in [0.1, 0.15) is 49.3 Å². The monoisotopic (exact) mass is 330 g/mol. The molecule has 2 aromatic rings. The third-order valence-corrected chi connectivity index (χ3v) is 5.21. The molecule has 1 atom stereocenters. The van der Waals surface area contributed by atoms with E-state index in [1.165, 1.54) is 0 Å². The van der Waals surface area contributed by atoms with Crippen molar-refractivity contribution in [1.29, 1.82) is 0 Å². The smallest absolute Gasteiger partial charge is 0.163 e. The molecule has 0 bridgehead atoms. The molecule has 126 valence electrons. The molecule has 0 heterocycles. The van der Waals surface area contributed by atoms with E-state index in [-0.39, 0.29) is 22.9 Å². The van der Waals surface area contributed by atoms with Gasteiger partial charge in [0.15, 0.2) is 5.78 Å². The molecule has 1 N–H and O–H groups in total. The average Bonchev–Trinajstić information content (AvgIpc) is 2.94. The SMILES string of the molecule is CC1(C)CC(=O)C(C2C=C(c3ccccc3)c3ccccc32)=C(O)C1. The van der Waals surface area contributed by atoms with Gasteiger partial charge in [0.2, 0.25) is 0 Å². The highest BCUT2D eigenvalue weighted by Gasteiger charge is 2.38. The number of rotatable bonds is 2. The molecule has 2 aromatic carbocycles. The van der Waals surface area contributed by atoms with Crippen LogP contribution in [0.15, 0.2) is 72.0 Å². The van der Waals surface area contributed by atoms with Crippen LogP contribution in [-0.2, 0) is 4.79 Å². The average molecular weight is 330 g/mol. The molecule has 0 amide bonds. The topological polar surface area (TPSA) is 37.3 Å². The molecule has 0 saturated carbocycles. The van der Waals surface area contributed by atoms with Gasteiger partial charge in [-0.1, -0.05) is 74.5 Å². The normalized spacial score (nSPS) is 21.9. The molecule has 0 radical (unpaired) electrons. The van der Waals surface area contributed by atoms with Crippen molar-refractivity contribution in [2.24, 2.45) is 5.41 Å². The van der Waals surface area contributed by atoms with E-state index in [0.717, 1.165) is 22.3 Å². The van der Waals surface area contributed by atoms with E-state index in [1.807, 2.05) is 44.2 Å². The number of carbonyl (C=O) groups is 1. The molecule has 2 aliphatic rings. The Balaban J connectivity index is 1.86. The Bertz CT molecular complexity index is 901. The number of fused-ring (bicyclic) bond motifs is 1. The maximum atomic E-state index is 12.8. The Morgan fingerprint density at radius 3 is 2.36 bits per heavy atom. The second-order valence-electron chi connectivity index (χ2n) is 7.81. The first-order valence-corrected chi connectivity index (χ1v) is 8.78. The summed E-state index contributed by atoms with van der Waals surface area (Å²) in [5, 5.41) is 10.6. The first-order chi connectivity index (χ1) is 12.0. The summed E-state index contributed by atoms with van der Waals surface area (Å²) in [5.74, 6) is 0.167. The number of allylic oxidation sites excluding steroid dienone is 3. The molecule has 0 fully saturated rings. The second-order valence-corrected chi connectivity index (χ2v) is 7.81. The first-order valence-electron chi connectivity index (χ1n) is 8.78. The number of ketones is 1.